The Balaban J connectivity index is 1.92. The molecular formula is C10H16N2O6S2. The molecule has 2 heterocycles. The van der Waals surface area contributed by atoms with Gasteiger partial charge in [0.2, 0.25) is 0 Å². The van der Waals surface area contributed by atoms with E-state index in [1.807, 2.05) is 0 Å². The van der Waals surface area contributed by atoms with E-state index in [2.05, 4.69) is 5.32 Å². The number of hydrogen-bond donors (Lipinski definition) is 3. The molecule has 2 amide bonds. The van der Waals surface area contributed by atoms with E-state index in [9.17, 15) is 18.0 Å². The fourth-order valence-corrected chi connectivity index (χ4v) is 5.09. The minimum atomic E-state index is -4.54. The molecule has 20 heavy (non-hydrogen) atoms. The lowest BCUT2D eigenvalue weighted by atomic mass is 10.0. The highest BCUT2D eigenvalue weighted by atomic mass is 32.2. The van der Waals surface area contributed by atoms with Crippen LogP contribution in [0.4, 0.5) is 4.79 Å². The molecule has 0 aromatic carbocycles. The van der Waals surface area contributed by atoms with E-state index in [0.29, 0.717) is 29.3 Å². The predicted molar refractivity (Wildman–Crippen MR) is 71.8 cm³/mol. The molecule has 0 bridgehead atoms. The number of rotatable bonds is 6. The number of aliphatic carboxylic acids is 1. The lowest BCUT2D eigenvalue weighted by Gasteiger charge is -2.18. The van der Waals surface area contributed by atoms with E-state index in [4.69, 9.17) is 9.66 Å². The summed E-state index contributed by atoms with van der Waals surface area (Å²) in [4.78, 5) is 22.0. The normalized spacial score (nSPS) is 29.4. The van der Waals surface area contributed by atoms with Gasteiger partial charge in [-0.1, -0.05) is 6.42 Å². The van der Waals surface area contributed by atoms with Gasteiger partial charge in [0.05, 0.1) is 12.1 Å². The van der Waals surface area contributed by atoms with Gasteiger partial charge in [-0.3, -0.25) is 9.35 Å². The number of hydrogen-bond acceptors (Lipinski definition) is 5. The molecule has 0 radical (unpaired) electrons. The molecule has 2 aliphatic heterocycles. The van der Waals surface area contributed by atoms with Crippen molar-refractivity contribution < 1.29 is 27.7 Å². The van der Waals surface area contributed by atoms with E-state index in [1.54, 1.807) is 0 Å². The molecule has 0 aromatic heterocycles. The zero-order valence-electron chi connectivity index (χ0n) is 10.6. The number of nitrogens with zero attached hydrogens (tertiary/aromatic N) is 1. The third-order valence-electron chi connectivity index (χ3n) is 3.47. The van der Waals surface area contributed by atoms with Gasteiger partial charge in [0, 0.05) is 17.4 Å². The molecular weight excluding hydrogens is 308 g/mol. The Kier molecular flexibility index (Phi) is 4.45. The van der Waals surface area contributed by atoms with Crippen molar-refractivity contribution in [2.45, 2.75) is 43.0 Å². The number of carbonyl (C=O) groups excluding carboxylic acids is 1. The minimum Gasteiger partial charge on any atom is -0.481 e. The summed E-state index contributed by atoms with van der Waals surface area (Å²) in [6, 6.07) is -1.68. The highest BCUT2D eigenvalue weighted by Gasteiger charge is 2.52. The Labute approximate surface area is 120 Å². The first kappa shape index (κ1) is 15.4. The number of fused-ring (bicyclic) bond motifs is 1. The van der Waals surface area contributed by atoms with Crippen LogP contribution in [-0.2, 0) is 15.1 Å². The van der Waals surface area contributed by atoms with Crippen molar-refractivity contribution in [1.82, 2.24) is 9.62 Å². The SMILES string of the molecule is O=C(O)CCCC[C@@H]1SC[C@H]2[C@@H]1NC(=O)N2S(=O)(=O)O. The summed E-state index contributed by atoms with van der Waals surface area (Å²) < 4.78 is 31.9. The van der Waals surface area contributed by atoms with Gasteiger partial charge in [0.25, 0.3) is 0 Å². The number of thioether (sulfide) groups is 1. The zero-order valence-corrected chi connectivity index (χ0v) is 12.2. The number of carboxylic acid groups (broad SMARTS) is 1. The third kappa shape index (κ3) is 3.18. The summed E-state index contributed by atoms with van der Waals surface area (Å²) in [7, 11) is -4.54. The second-order valence-corrected chi connectivity index (χ2v) is 7.39. The smallest absolute Gasteiger partial charge is 0.363 e. The second kappa shape index (κ2) is 5.78. The fraction of sp³-hybridized carbons (Fsp3) is 0.800. The molecule has 0 unspecified atom stereocenters. The van der Waals surface area contributed by atoms with Crippen LogP contribution in [0, 0.1) is 0 Å². The second-order valence-electron chi connectivity index (χ2n) is 4.83. The summed E-state index contributed by atoms with van der Waals surface area (Å²) in [6.07, 6.45) is 2.07. The number of nitrogens with one attached hydrogen (secondary N) is 1. The lowest BCUT2D eigenvalue weighted by molar-refractivity contribution is -0.137. The Bertz CT molecular complexity index is 508. The van der Waals surface area contributed by atoms with Gasteiger partial charge < -0.3 is 10.4 Å². The number of carbonyl (C=O) groups is 2. The summed E-state index contributed by atoms with van der Waals surface area (Å²) in [6.45, 7) is 0. The van der Waals surface area contributed by atoms with Crippen LogP contribution < -0.4 is 5.32 Å². The maximum Gasteiger partial charge on any atom is 0.363 e. The number of unbranched alkanes of at least 4 members (excludes halogenated alkanes) is 1. The molecule has 2 aliphatic rings. The molecule has 3 N–H and O–H groups in total. The van der Waals surface area contributed by atoms with Crippen molar-refractivity contribution in [3.63, 3.8) is 0 Å². The average Bonchev–Trinajstić information content (AvgIpc) is 2.81. The molecule has 2 saturated heterocycles. The molecule has 0 spiro atoms. The van der Waals surface area contributed by atoms with Gasteiger partial charge >= 0.3 is 22.3 Å². The first-order valence-corrected chi connectivity index (χ1v) is 8.66. The van der Waals surface area contributed by atoms with Crippen LogP contribution in [-0.4, -0.2) is 57.5 Å². The largest absolute Gasteiger partial charge is 0.481 e. The maximum absolute atomic E-state index is 11.6. The minimum absolute atomic E-state index is 0.0458. The quantitative estimate of drug-likeness (QED) is 0.365. The number of carboxylic acids is 1. The monoisotopic (exact) mass is 324 g/mol. The van der Waals surface area contributed by atoms with Crippen molar-refractivity contribution in [3.05, 3.63) is 0 Å². The Morgan fingerprint density at radius 2 is 2.15 bits per heavy atom. The van der Waals surface area contributed by atoms with E-state index in [0.717, 1.165) is 0 Å². The van der Waals surface area contributed by atoms with Gasteiger partial charge in [-0.2, -0.15) is 24.5 Å². The standard InChI is InChI=1S/C10H16N2O6S2/c13-8(14)4-2-1-3-7-9-6(5-19-7)12(10(15)11-9)20(16,17)18/h6-7,9H,1-5H2,(H,11,15)(H,13,14)(H,16,17,18)/t6-,7-,9-/m0/s1. The first-order valence-electron chi connectivity index (χ1n) is 6.21. The maximum atomic E-state index is 11.6. The van der Waals surface area contributed by atoms with Crippen molar-refractivity contribution in [1.29, 1.82) is 0 Å². The van der Waals surface area contributed by atoms with Gasteiger partial charge in [-0.15, -0.1) is 0 Å². The highest BCUT2D eigenvalue weighted by Crippen LogP contribution is 2.37. The molecule has 3 atom stereocenters. The Morgan fingerprint density at radius 3 is 2.75 bits per heavy atom. The lowest BCUT2D eigenvalue weighted by Crippen LogP contribution is -2.41. The molecule has 2 rings (SSSR count). The average molecular weight is 324 g/mol. The van der Waals surface area contributed by atoms with Crippen LogP contribution in [0.3, 0.4) is 0 Å². The number of amides is 2. The van der Waals surface area contributed by atoms with E-state index in [-0.39, 0.29) is 17.7 Å². The molecule has 10 heteroatoms. The van der Waals surface area contributed by atoms with E-state index < -0.39 is 28.3 Å². The van der Waals surface area contributed by atoms with Crippen molar-refractivity contribution in [2.24, 2.45) is 0 Å². The van der Waals surface area contributed by atoms with Crippen molar-refractivity contribution in [2.75, 3.05) is 5.75 Å². The van der Waals surface area contributed by atoms with Crippen LogP contribution in [0.25, 0.3) is 0 Å². The van der Waals surface area contributed by atoms with Crippen LogP contribution in [0.5, 0.6) is 0 Å². The van der Waals surface area contributed by atoms with Gasteiger partial charge in [0.1, 0.15) is 0 Å². The first-order chi connectivity index (χ1) is 9.30. The number of urea groups is 1. The summed E-state index contributed by atoms with van der Waals surface area (Å²) in [5, 5.41) is 11.2. The Morgan fingerprint density at radius 1 is 1.45 bits per heavy atom. The van der Waals surface area contributed by atoms with Crippen molar-refractivity contribution in [3.8, 4) is 0 Å². The van der Waals surface area contributed by atoms with E-state index in [1.165, 1.54) is 11.8 Å². The fourth-order valence-electron chi connectivity index (χ4n) is 2.60. The molecule has 114 valence electrons. The van der Waals surface area contributed by atoms with Gasteiger partial charge in [-0.05, 0) is 12.8 Å². The molecule has 0 aliphatic carbocycles. The van der Waals surface area contributed by atoms with Crippen LogP contribution in [0.2, 0.25) is 0 Å². The third-order valence-corrected chi connectivity index (χ3v) is 5.89. The van der Waals surface area contributed by atoms with Gasteiger partial charge in [-0.25, -0.2) is 4.79 Å². The topological polar surface area (TPSA) is 124 Å². The van der Waals surface area contributed by atoms with Gasteiger partial charge in [0.15, 0.2) is 0 Å². The molecule has 0 saturated carbocycles. The molecule has 0 aromatic rings. The van der Waals surface area contributed by atoms with Crippen molar-refractivity contribution >= 4 is 34.1 Å². The van der Waals surface area contributed by atoms with Crippen LogP contribution in [0.1, 0.15) is 25.7 Å². The molecule has 8 nitrogen and oxygen atoms in total. The Hall–Kier alpha value is -1.00. The summed E-state index contributed by atoms with van der Waals surface area (Å²) in [5.41, 5.74) is 0. The van der Waals surface area contributed by atoms with E-state index >= 15 is 0 Å². The van der Waals surface area contributed by atoms with Crippen LogP contribution in [0.15, 0.2) is 0 Å². The zero-order chi connectivity index (χ0) is 14.9. The summed E-state index contributed by atoms with van der Waals surface area (Å²) >= 11 is 1.54. The summed E-state index contributed by atoms with van der Waals surface area (Å²) in [5.74, 6) is -0.402. The highest BCUT2D eigenvalue weighted by molar-refractivity contribution is 8.00. The van der Waals surface area contributed by atoms with Crippen LogP contribution >= 0.6 is 11.8 Å². The predicted octanol–water partition coefficient (Wildman–Crippen LogP) is 0.312. The molecule has 2 fully saturated rings.